The maximum Gasteiger partial charge on any atom is 0.264 e. The Kier molecular flexibility index (Phi) is 8.32. The van der Waals surface area contributed by atoms with E-state index >= 15 is 0 Å². The largest absolute Gasteiger partial charge is 0.325 e. The number of rotatable bonds is 9. The first-order valence-corrected chi connectivity index (χ1v) is 15.4. The summed E-state index contributed by atoms with van der Waals surface area (Å²) in [6.45, 7) is 7.01. The van der Waals surface area contributed by atoms with Crippen molar-refractivity contribution >= 4 is 43.0 Å². The number of carbonyl (C=O) groups is 1. The third kappa shape index (κ3) is 6.70. The van der Waals surface area contributed by atoms with Gasteiger partial charge in [0, 0.05) is 5.69 Å². The summed E-state index contributed by atoms with van der Waals surface area (Å²) in [7, 11) is -7.90. The van der Waals surface area contributed by atoms with Crippen molar-refractivity contribution in [3.05, 3.63) is 113 Å². The molecule has 0 atom stereocenters. The van der Waals surface area contributed by atoms with Crippen LogP contribution in [0.15, 0.2) is 101 Å². The van der Waals surface area contributed by atoms with Crippen LogP contribution in [0.5, 0.6) is 0 Å². The van der Waals surface area contributed by atoms with Crippen LogP contribution in [0.3, 0.4) is 0 Å². The van der Waals surface area contributed by atoms with Crippen molar-refractivity contribution in [2.75, 3.05) is 20.9 Å². The predicted octanol–water partition coefficient (Wildman–Crippen LogP) is 5.56. The highest BCUT2D eigenvalue weighted by atomic mass is 32.2. The van der Waals surface area contributed by atoms with Gasteiger partial charge in [-0.25, -0.2) is 16.8 Å². The smallest absolute Gasteiger partial charge is 0.264 e. The van der Waals surface area contributed by atoms with Crippen molar-refractivity contribution in [3.8, 4) is 0 Å². The molecule has 1 amide bonds. The molecule has 0 aliphatic heterocycles. The number of amides is 1. The van der Waals surface area contributed by atoms with Crippen LogP contribution in [0.2, 0.25) is 0 Å². The highest BCUT2D eigenvalue weighted by Gasteiger charge is 2.27. The SMILES string of the molecule is Cc1ccc(N(CC(=O)Nc2ccc(S(=O)(=O)Nc3ccc(C)cc3C)cc2)S(=O)(=O)c2ccc(C)cc2)cc1. The molecular weight excluding hydrogens is 546 g/mol. The first-order chi connectivity index (χ1) is 18.8. The van der Waals surface area contributed by atoms with Crippen LogP contribution in [0.4, 0.5) is 17.1 Å². The fourth-order valence-corrected chi connectivity index (χ4v) is 6.60. The molecule has 10 heteroatoms. The summed E-state index contributed by atoms with van der Waals surface area (Å²) in [5, 5.41) is 2.67. The van der Waals surface area contributed by atoms with Crippen molar-refractivity contribution in [3.63, 3.8) is 0 Å². The zero-order chi connectivity index (χ0) is 29.1. The second-order valence-corrected chi connectivity index (χ2v) is 13.2. The lowest BCUT2D eigenvalue weighted by atomic mass is 10.1. The molecule has 0 fully saturated rings. The van der Waals surface area contributed by atoms with Gasteiger partial charge in [-0.3, -0.25) is 13.8 Å². The van der Waals surface area contributed by atoms with Crippen molar-refractivity contribution in [1.82, 2.24) is 0 Å². The molecule has 0 bridgehead atoms. The number of aryl methyl sites for hydroxylation is 4. The molecule has 0 aromatic heterocycles. The minimum atomic E-state index is -4.05. The average Bonchev–Trinajstić information content (AvgIpc) is 2.90. The van der Waals surface area contributed by atoms with Gasteiger partial charge in [-0.15, -0.1) is 0 Å². The van der Waals surface area contributed by atoms with Crippen LogP contribution in [0.1, 0.15) is 22.3 Å². The lowest BCUT2D eigenvalue weighted by molar-refractivity contribution is -0.114. The van der Waals surface area contributed by atoms with E-state index in [4.69, 9.17) is 0 Å². The van der Waals surface area contributed by atoms with Gasteiger partial charge in [0.25, 0.3) is 20.0 Å². The van der Waals surface area contributed by atoms with E-state index in [2.05, 4.69) is 10.0 Å². The average molecular weight is 578 g/mol. The quantitative estimate of drug-likeness (QED) is 0.271. The first kappa shape index (κ1) is 28.8. The Morgan fingerprint density at radius 2 is 1.20 bits per heavy atom. The number of nitrogens with one attached hydrogen (secondary N) is 2. The third-order valence-corrected chi connectivity index (χ3v) is 9.46. The van der Waals surface area contributed by atoms with Gasteiger partial charge in [-0.1, -0.05) is 53.1 Å². The standard InChI is InChI=1S/C30H31N3O5S2/c1-21-5-12-26(13-6-21)33(40(37,38)28-14-7-22(2)8-15-28)20-30(34)31-25-10-16-27(17-11-25)39(35,36)32-29-18-9-23(3)19-24(29)4/h5-19,32H,20H2,1-4H3,(H,31,34). The summed E-state index contributed by atoms with van der Waals surface area (Å²) < 4.78 is 56.5. The second-order valence-electron chi connectivity index (χ2n) is 9.66. The zero-order valence-electron chi connectivity index (χ0n) is 22.7. The summed E-state index contributed by atoms with van der Waals surface area (Å²) in [6.07, 6.45) is 0. The van der Waals surface area contributed by atoms with E-state index in [9.17, 15) is 21.6 Å². The molecule has 4 rings (SSSR count). The van der Waals surface area contributed by atoms with Crippen LogP contribution in [-0.4, -0.2) is 29.3 Å². The topological polar surface area (TPSA) is 113 Å². The van der Waals surface area contributed by atoms with Crippen molar-refractivity contribution in [2.45, 2.75) is 37.5 Å². The molecule has 40 heavy (non-hydrogen) atoms. The van der Waals surface area contributed by atoms with Crippen molar-refractivity contribution in [2.24, 2.45) is 0 Å². The van der Waals surface area contributed by atoms with E-state index in [1.807, 2.05) is 39.8 Å². The minimum Gasteiger partial charge on any atom is -0.325 e. The van der Waals surface area contributed by atoms with E-state index in [0.717, 1.165) is 26.6 Å². The summed E-state index contributed by atoms with van der Waals surface area (Å²) in [5.41, 5.74) is 4.83. The number of sulfonamides is 2. The van der Waals surface area contributed by atoms with Crippen LogP contribution in [-0.2, 0) is 24.8 Å². The van der Waals surface area contributed by atoms with Crippen molar-refractivity contribution < 1.29 is 21.6 Å². The number of hydrogen-bond donors (Lipinski definition) is 2. The van der Waals surface area contributed by atoms with Crippen molar-refractivity contribution in [1.29, 1.82) is 0 Å². The summed E-state index contributed by atoms with van der Waals surface area (Å²) in [4.78, 5) is 13.1. The molecule has 208 valence electrons. The number of carbonyl (C=O) groups excluding carboxylic acids is 1. The highest BCUT2D eigenvalue weighted by Crippen LogP contribution is 2.25. The third-order valence-electron chi connectivity index (χ3n) is 6.29. The van der Waals surface area contributed by atoms with Crippen LogP contribution >= 0.6 is 0 Å². The van der Waals surface area contributed by atoms with E-state index in [1.165, 1.54) is 36.4 Å². The fourth-order valence-electron chi connectivity index (χ4n) is 4.04. The Labute approximate surface area is 235 Å². The van der Waals surface area contributed by atoms with Gasteiger partial charge < -0.3 is 5.32 Å². The van der Waals surface area contributed by atoms with Gasteiger partial charge >= 0.3 is 0 Å². The van der Waals surface area contributed by atoms with E-state index < -0.39 is 32.5 Å². The number of nitrogens with zero attached hydrogens (tertiary/aromatic N) is 1. The molecule has 4 aromatic rings. The molecule has 0 spiro atoms. The van der Waals surface area contributed by atoms with E-state index in [1.54, 1.807) is 42.5 Å². The normalized spacial score (nSPS) is 11.6. The Bertz CT molecular complexity index is 1730. The molecule has 8 nitrogen and oxygen atoms in total. The number of hydrogen-bond acceptors (Lipinski definition) is 5. The Morgan fingerprint density at radius 3 is 1.77 bits per heavy atom. The zero-order valence-corrected chi connectivity index (χ0v) is 24.3. The van der Waals surface area contributed by atoms with E-state index in [0.29, 0.717) is 17.1 Å². The molecule has 2 N–H and O–H groups in total. The molecule has 0 aliphatic carbocycles. The van der Waals surface area contributed by atoms with Gasteiger partial charge in [0.2, 0.25) is 5.91 Å². The minimum absolute atomic E-state index is 0.0219. The molecule has 0 radical (unpaired) electrons. The molecule has 0 heterocycles. The molecule has 0 saturated carbocycles. The molecule has 0 unspecified atom stereocenters. The van der Waals surface area contributed by atoms with Gasteiger partial charge in [0.15, 0.2) is 0 Å². The van der Waals surface area contributed by atoms with Gasteiger partial charge in [-0.05, 0) is 87.9 Å². The van der Waals surface area contributed by atoms with Gasteiger partial charge in [0.1, 0.15) is 6.54 Å². The Balaban J connectivity index is 1.53. The molecule has 0 saturated heterocycles. The Morgan fingerprint density at radius 1 is 0.675 bits per heavy atom. The lowest BCUT2D eigenvalue weighted by Gasteiger charge is -2.24. The first-order valence-electron chi connectivity index (χ1n) is 12.5. The maximum atomic E-state index is 13.5. The van der Waals surface area contributed by atoms with Gasteiger partial charge in [-0.2, -0.15) is 0 Å². The molecule has 4 aromatic carbocycles. The lowest BCUT2D eigenvalue weighted by Crippen LogP contribution is -2.38. The van der Waals surface area contributed by atoms with E-state index in [-0.39, 0.29) is 9.79 Å². The summed E-state index contributed by atoms with van der Waals surface area (Å²) in [5.74, 6) is -0.583. The van der Waals surface area contributed by atoms with Crippen LogP contribution in [0, 0.1) is 27.7 Å². The fraction of sp³-hybridized carbons (Fsp3) is 0.167. The Hall–Kier alpha value is -4.15. The molecular formula is C30H31N3O5S2. The summed E-state index contributed by atoms with van der Waals surface area (Å²) in [6, 6.07) is 24.3. The maximum absolute atomic E-state index is 13.5. The highest BCUT2D eigenvalue weighted by molar-refractivity contribution is 7.93. The molecule has 0 aliphatic rings. The van der Waals surface area contributed by atoms with Crippen LogP contribution in [0.25, 0.3) is 0 Å². The predicted molar refractivity (Wildman–Crippen MR) is 159 cm³/mol. The monoisotopic (exact) mass is 577 g/mol. The second kappa shape index (κ2) is 11.5. The number of benzene rings is 4. The van der Waals surface area contributed by atoms with Gasteiger partial charge in [0.05, 0.1) is 21.2 Å². The number of anilines is 3. The summed E-state index contributed by atoms with van der Waals surface area (Å²) >= 11 is 0. The van der Waals surface area contributed by atoms with Crippen LogP contribution < -0.4 is 14.3 Å².